The molecule has 92 valence electrons. The summed E-state index contributed by atoms with van der Waals surface area (Å²) in [5, 5.41) is 6.05. The van der Waals surface area contributed by atoms with Gasteiger partial charge in [-0.1, -0.05) is 25.7 Å². The van der Waals surface area contributed by atoms with E-state index in [-0.39, 0.29) is 5.91 Å². The van der Waals surface area contributed by atoms with Crippen LogP contribution in [0.3, 0.4) is 0 Å². The van der Waals surface area contributed by atoms with Crippen LogP contribution in [0, 0.1) is 11.8 Å². The van der Waals surface area contributed by atoms with Gasteiger partial charge in [-0.25, -0.2) is 0 Å². The molecule has 1 amide bonds. The summed E-state index contributed by atoms with van der Waals surface area (Å²) in [5.74, 6) is 2.03. The van der Waals surface area contributed by atoms with Crippen molar-refractivity contribution in [2.45, 2.75) is 51.0 Å². The van der Waals surface area contributed by atoms with Gasteiger partial charge in [0.15, 0.2) is 0 Å². The first-order chi connectivity index (χ1) is 7.79. The molecule has 0 aromatic carbocycles. The number of carbonyl (C=O) groups is 1. The summed E-state index contributed by atoms with van der Waals surface area (Å²) in [7, 11) is 1.70. The number of nitrogens with one attached hydrogen (secondary N) is 2. The highest BCUT2D eigenvalue weighted by atomic mass is 16.1. The minimum Gasteiger partial charge on any atom is -0.358 e. The third-order valence-electron chi connectivity index (χ3n) is 4.37. The Balaban J connectivity index is 1.74. The van der Waals surface area contributed by atoms with Crippen molar-refractivity contribution < 1.29 is 4.79 Å². The van der Waals surface area contributed by atoms with E-state index in [4.69, 9.17) is 0 Å². The van der Waals surface area contributed by atoms with E-state index in [2.05, 4.69) is 10.6 Å². The van der Waals surface area contributed by atoms with Gasteiger partial charge in [-0.15, -0.1) is 0 Å². The molecule has 0 aliphatic heterocycles. The third kappa shape index (κ3) is 2.97. The van der Waals surface area contributed by atoms with Crippen LogP contribution in [-0.2, 0) is 4.79 Å². The molecule has 3 heteroatoms. The van der Waals surface area contributed by atoms with Crippen LogP contribution in [0.1, 0.15) is 44.9 Å². The van der Waals surface area contributed by atoms with Gasteiger partial charge in [0.1, 0.15) is 0 Å². The Hall–Kier alpha value is -0.570. The van der Waals surface area contributed by atoms with Gasteiger partial charge in [-0.05, 0) is 31.1 Å². The maximum atomic E-state index is 11.2. The van der Waals surface area contributed by atoms with Gasteiger partial charge in [-0.2, -0.15) is 0 Å². The molecule has 2 aliphatic rings. The van der Waals surface area contributed by atoms with Gasteiger partial charge in [0, 0.05) is 13.1 Å². The number of carbonyl (C=O) groups excluding carboxylic acids is 1. The zero-order valence-corrected chi connectivity index (χ0v) is 10.3. The molecule has 2 saturated carbocycles. The van der Waals surface area contributed by atoms with Gasteiger partial charge >= 0.3 is 0 Å². The molecule has 2 aliphatic carbocycles. The molecule has 0 saturated heterocycles. The molecule has 0 bridgehead atoms. The summed E-state index contributed by atoms with van der Waals surface area (Å²) >= 11 is 0. The minimum absolute atomic E-state index is 0.103. The first-order valence-electron chi connectivity index (χ1n) is 6.73. The van der Waals surface area contributed by atoms with Gasteiger partial charge in [-0.3, -0.25) is 4.79 Å². The average Bonchev–Trinajstić information content (AvgIpc) is 2.35. The number of rotatable bonds is 3. The molecule has 3 atom stereocenters. The number of amides is 1. The first kappa shape index (κ1) is 11.9. The second-order valence-corrected chi connectivity index (χ2v) is 5.37. The number of fused-ring (bicyclic) bond motifs is 1. The largest absolute Gasteiger partial charge is 0.358 e. The van der Waals surface area contributed by atoms with E-state index in [1.165, 1.54) is 44.9 Å². The quantitative estimate of drug-likeness (QED) is 0.766. The lowest BCUT2D eigenvalue weighted by Gasteiger charge is -2.39. The molecule has 3 nitrogen and oxygen atoms in total. The standard InChI is InChI=1S/C13H24N2O/c1-14-13(16)9-15-12-7-6-10-4-2-3-5-11(10)8-12/h10-12,15H,2-9H2,1H3,(H,14,16). The van der Waals surface area contributed by atoms with Crippen molar-refractivity contribution in [1.82, 2.24) is 10.6 Å². The van der Waals surface area contributed by atoms with Crippen LogP contribution in [0.15, 0.2) is 0 Å². The van der Waals surface area contributed by atoms with Crippen LogP contribution in [0.4, 0.5) is 0 Å². The Morgan fingerprint density at radius 2 is 1.88 bits per heavy atom. The smallest absolute Gasteiger partial charge is 0.233 e. The second kappa shape index (κ2) is 5.67. The van der Waals surface area contributed by atoms with Crippen molar-refractivity contribution in [2.24, 2.45) is 11.8 Å². The summed E-state index contributed by atoms with van der Waals surface area (Å²) in [5.41, 5.74) is 0. The Bertz CT molecular complexity index is 242. The predicted molar refractivity (Wildman–Crippen MR) is 65.2 cm³/mol. The summed E-state index contributed by atoms with van der Waals surface area (Å²) < 4.78 is 0. The number of likely N-dealkylation sites (N-methyl/N-ethyl adjacent to an activating group) is 1. The summed E-state index contributed by atoms with van der Waals surface area (Å²) in [6.07, 6.45) is 9.66. The van der Waals surface area contributed by atoms with Gasteiger partial charge < -0.3 is 10.6 Å². The predicted octanol–water partition coefficient (Wildman–Crippen LogP) is 1.68. The molecule has 16 heavy (non-hydrogen) atoms. The number of hydrogen-bond acceptors (Lipinski definition) is 2. The Morgan fingerprint density at radius 1 is 1.12 bits per heavy atom. The first-order valence-corrected chi connectivity index (χ1v) is 6.73. The van der Waals surface area contributed by atoms with Crippen molar-refractivity contribution in [2.75, 3.05) is 13.6 Å². The van der Waals surface area contributed by atoms with Crippen LogP contribution in [0.25, 0.3) is 0 Å². The third-order valence-corrected chi connectivity index (χ3v) is 4.37. The minimum atomic E-state index is 0.103. The van der Waals surface area contributed by atoms with E-state index in [0.717, 1.165) is 11.8 Å². The monoisotopic (exact) mass is 224 g/mol. The highest BCUT2D eigenvalue weighted by molar-refractivity contribution is 5.77. The van der Waals surface area contributed by atoms with E-state index in [1.807, 2.05) is 0 Å². The SMILES string of the molecule is CNC(=O)CNC1CCC2CCCCC2C1. The van der Waals surface area contributed by atoms with Gasteiger partial charge in [0.25, 0.3) is 0 Å². The van der Waals surface area contributed by atoms with Crippen molar-refractivity contribution in [3.63, 3.8) is 0 Å². The molecule has 0 aromatic rings. The molecule has 2 fully saturated rings. The fourth-order valence-electron chi connectivity index (χ4n) is 3.38. The molecular formula is C13H24N2O. The van der Waals surface area contributed by atoms with Crippen molar-refractivity contribution in [3.05, 3.63) is 0 Å². The van der Waals surface area contributed by atoms with Crippen LogP contribution < -0.4 is 10.6 Å². The summed E-state index contributed by atoms with van der Waals surface area (Å²) in [6.45, 7) is 0.485. The van der Waals surface area contributed by atoms with Gasteiger partial charge in [0.05, 0.1) is 6.54 Å². The molecule has 2 N–H and O–H groups in total. The second-order valence-electron chi connectivity index (χ2n) is 5.37. The average molecular weight is 224 g/mol. The summed E-state index contributed by atoms with van der Waals surface area (Å²) in [4.78, 5) is 11.2. The maximum absolute atomic E-state index is 11.2. The molecule has 0 spiro atoms. The topological polar surface area (TPSA) is 41.1 Å². The lowest BCUT2D eigenvalue weighted by atomic mass is 9.69. The highest BCUT2D eigenvalue weighted by Crippen LogP contribution is 2.40. The molecule has 0 heterocycles. The zero-order chi connectivity index (χ0) is 11.4. The van der Waals surface area contributed by atoms with Crippen LogP contribution >= 0.6 is 0 Å². The van der Waals surface area contributed by atoms with Crippen molar-refractivity contribution >= 4 is 5.91 Å². The van der Waals surface area contributed by atoms with E-state index in [9.17, 15) is 4.79 Å². The van der Waals surface area contributed by atoms with E-state index in [0.29, 0.717) is 12.6 Å². The number of hydrogen-bond donors (Lipinski definition) is 2. The van der Waals surface area contributed by atoms with E-state index < -0.39 is 0 Å². The maximum Gasteiger partial charge on any atom is 0.233 e. The lowest BCUT2D eigenvalue weighted by molar-refractivity contribution is -0.120. The van der Waals surface area contributed by atoms with Crippen molar-refractivity contribution in [1.29, 1.82) is 0 Å². The van der Waals surface area contributed by atoms with Crippen LogP contribution in [0.2, 0.25) is 0 Å². The highest BCUT2D eigenvalue weighted by Gasteiger charge is 2.31. The van der Waals surface area contributed by atoms with Crippen LogP contribution in [0.5, 0.6) is 0 Å². The Morgan fingerprint density at radius 3 is 2.62 bits per heavy atom. The fraction of sp³-hybridized carbons (Fsp3) is 0.923. The lowest BCUT2D eigenvalue weighted by Crippen LogP contribution is -2.42. The summed E-state index contributed by atoms with van der Waals surface area (Å²) in [6, 6.07) is 0.580. The Labute approximate surface area is 98.4 Å². The zero-order valence-electron chi connectivity index (χ0n) is 10.3. The molecule has 0 radical (unpaired) electrons. The van der Waals surface area contributed by atoms with Crippen molar-refractivity contribution in [3.8, 4) is 0 Å². The Kier molecular flexibility index (Phi) is 4.22. The fourth-order valence-corrected chi connectivity index (χ4v) is 3.38. The molecule has 2 rings (SSSR count). The molecular weight excluding hydrogens is 200 g/mol. The molecule has 3 unspecified atom stereocenters. The van der Waals surface area contributed by atoms with Gasteiger partial charge in [0.2, 0.25) is 5.91 Å². The molecule has 0 aromatic heterocycles. The normalized spacial score (nSPS) is 34.2. The van der Waals surface area contributed by atoms with Crippen LogP contribution in [-0.4, -0.2) is 25.5 Å². The van der Waals surface area contributed by atoms with E-state index in [1.54, 1.807) is 7.05 Å². The van der Waals surface area contributed by atoms with E-state index >= 15 is 0 Å².